The molecule has 4 nitrogen and oxygen atoms in total. The molecule has 0 spiro atoms. The van der Waals surface area contributed by atoms with Crippen molar-refractivity contribution >= 4 is 11.6 Å². The summed E-state index contributed by atoms with van der Waals surface area (Å²) in [6, 6.07) is 8.07. The van der Waals surface area contributed by atoms with Crippen LogP contribution >= 0.6 is 0 Å². The lowest BCUT2D eigenvalue weighted by Gasteiger charge is -2.26. The highest BCUT2D eigenvalue weighted by atomic mass is 16.5. The molecule has 0 aliphatic carbocycles. The van der Waals surface area contributed by atoms with E-state index in [1.54, 1.807) is 0 Å². The van der Waals surface area contributed by atoms with Crippen LogP contribution < -0.4 is 10.6 Å². The quantitative estimate of drug-likeness (QED) is 0.878. The Morgan fingerprint density at radius 1 is 1.44 bits per heavy atom. The van der Waals surface area contributed by atoms with Crippen LogP contribution in [0.1, 0.15) is 18.4 Å². The zero-order chi connectivity index (χ0) is 13.0. The molecular formula is C14H20N2O2. The Labute approximate surface area is 108 Å². The normalized spacial score (nSPS) is 16.9. The number of amides is 1. The van der Waals surface area contributed by atoms with Crippen molar-refractivity contribution in [3.05, 3.63) is 29.8 Å². The summed E-state index contributed by atoms with van der Waals surface area (Å²) in [7, 11) is 1.53. The van der Waals surface area contributed by atoms with Crippen LogP contribution in [0.15, 0.2) is 24.3 Å². The topological polar surface area (TPSA) is 55.6 Å². The molecule has 1 amide bonds. The SMILES string of the molecule is COC(CN)C(=O)N1CCCCc2ccccc21. The second-order valence-electron chi connectivity index (χ2n) is 4.54. The summed E-state index contributed by atoms with van der Waals surface area (Å²) in [6.45, 7) is 0.962. The number of hydrogen-bond acceptors (Lipinski definition) is 3. The van der Waals surface area contributed by atoms with E-state index in [1.807, 2.05) is 23.1 Å². The molecule has 1 aliphatic rings. The summed E-state index contributed by atoms with van der Waals surface area (Å²) in [5.74, 6) is -0.0330. The van der Waals surface area contributed by atoms with E-state index < -0.39 is 6.10 Å². The van der Waals surface area contributed by atoms with Crippen LogP contribution in [0.2, 0.25) is 0 Å². The number of benzene rings is 1. The van der Waals surface area contributed by atoms with Gasteiger partial charge in [-0.3, -0.25) is 4.79 Å². The zero-order valence-corrected chi connectivity index (χ0v) is 10.8. The Balaban J connectivity index is 2.30. The summed E-state index contributed by atoms with van der Waals surface area (Å²) in [5, 5.41) is 0. The van der Waals surface area contributed by atoms with Crippen molar-refractivity contribution in [2.45, 2.75) is 25.4 Å². The van der Waals surface area contributed by atoms with Gasteiger partial charge in [-0.15, -0.1) is 0 Å². The van der Waals surface area contributed by atoms with Gasteiger partial charge in [-0.05, 0) is 30.9 Å². The average molecular weight is 248 g/mol. The Kier molecular flexibility index (Phi) is 4.33. The second kappa shape index (κ2) is 5.98. The lowest BCUT2D eigenvalue weighted by Crippen LogP contribution is -2.44. The number of nitrogens with zero attached hydrogens (tertiary/aromatic N) is 1. The molecule has 1 aromatic carbocycles. The smallest absolute Gasteiger partial charge is 0.257 e. The highest BCUT2D eigenvalue weighted by Crippen LogP contribution is 2.26. The maximum absolute atomic E-state index is 12.4. The fourth-order valence-corrected chi connectivity index (χ4v) is 2.39. The number of nitrogens with two attached hydrogens (primary N) is 1. The Morgan fingerprint density at radius 3 is 2.94 bits per heavy atom. The number of carbonyl (C=O) groups excluding carboxylic acids is 1. The van der Waals surface area contributed by atoms with Gasteiger partial charge in [-0.1, -0.05) is 18.2 Å². The molecule has 0 radical (unpaired) electrons. The number of rotatable bonds is 3. The van der Waals surface area contributed by atoms with Gasteiger partial charge in [0.1, 0.15) is 6.10 Å². The summed E-state index contributed by atoms with van der Waals surface area (Å²) in [5.41, 5.74) is 7.82. The first kappa shape index (κ1) is 13.1. The zero-order valence-electron chi connectivity index (χ0n) is 10.8. The van der Waals surface area contributed by atoms with Gasteiger partial charge in [0.25, 0.3) is 5.91 Å². The second-order valence-corrected chi connectivity index (χ2v) is 4.54. The van der Waals surface area contributed by atoms with E-state index in [1.165, 1.54) is 12.7 Å². The number of hydrogen-bond donors (Lipinski definition) is 1. The standard InChI is InChI=1S/C14H20N2O2/c1-18-13(10-15)14(17)16-9-5-4-7-11-6-2-3-8-12(11)16/h2-3,6,8,13H,4-5,7,9-10,15H2,1H3. The summed E-state index contributed by atoms with van der Waals surface area (Å²) in [6.07, 6.45) is 2.61. The highest BCUT2D eigenvalue weighted by molar-refractivity contribution is 5.97. The van der Waals surface area contributed by atoms with Crippen LogP contribution in [0.3, 0.4) is 0 Å². The fourth-order valence-electron chi connectivity index (χ4n) is 2.39. The molecule has 2 rings (SSSR count). The van der Waals surface area contributed by atoms with Crippen molar-refractivity contribution < 1.29 is 9.53 Å². The highest BCUT2D eigenvalue weighted by Gasteiger charge is 2.26. The first-order valence-electron chi connectivity index (χ1n) is 6.40. The minimum atomic E-state index is -0.545. The van der Waals surface area contributed by atoms with Crippen molar-refractivity contribution in [2.75, 3.05) is 25.1 Å². The third kappa shape index (κ3) is 2.54. The molecule has 98 valence electrons. The largest absolute Gasteiger partial charge is 0.370 e. The molecule has 1 heterocycles. The maximum Gasteiger partial charge on any atom is 0.257 e. The molecule has 18 heavy (non-hydrogen) atoms. The van der Waals surface area contributed by atoms with Crippen molar-refractivity contribution in [1.82, 2.24) is 0 Å². The molecule has 1 unspecified atom stereocenters. The molecule has 2 N–H and O–H groups in total. The minimum Gasteiger partial charge on any atom is -0.370 e. The molecule has 0 aromatic heterocycles. The van der Waals surface area contributed by atoms with Crippen LogP contribution in [-0.2, 0) is 16.0 Å². The monoisotopic (exact) mass is 248 g/mol. The van der Waals surface area contributed by atoms with Crippen LogP contribution in [0, 0.1) is 0 Å². The predicted molar refractivity (Wildman–Crippen MR) is 71.6 cm³/mol. The maximum atomic E-state index is 12.4. The minimum absolute atomic E-state index is 0.0330. The number of para-hydroxylation sites is 1. The fraction of sp³-hybridized carbons (Fsp3) is 0.500. The lowest BCUT2D eigenvalue weighted by molar-refractivity contribution is -0.127. The predicted octanol–water partition coefficient (Wildman–Crippen LogP) is 1.33. The van der Waals surface area contributed by atoms with E-state index in [9.17, 15) is 4.79 Å². The first-order chi connectivity index (χ1) is 8.77. The van der Waals surface area contributed by atoms with E-state index in [0.717, 1.165) is 31.5 Å². The number of methoxy groups -OCH3 is 1. The molecule has 1 aromatic rings. The third-order valence-corrected chi connectivity index (χ3v) is 3.40. The third-order valence-electron chi connectivity index (χ3n) is 3.40. The van der Waals surface area contributed by atoms with Crippen LogP contribution in [0.4, 0.5) is 5.69 Å². The van der Waals surface area contributed by atoms with E-state index in [2.05, 4.69) is 6.07 Å². The van der Waals surface area contributed by atoms with Crippen molar-refractivity contribution in [1.29, 1.82) is 0 Å². The van der Waals surface area contributed by atoms with Gasteiger partial charge < -0.3 is 15.4 Å². The number of aryl methyl sites for hydroxylation is 1. The van der Waals surface area contributed by atoms with Gasteiger partial charge in [0.2, 0.25) is 0 Å². The molecule has 0 fully saturated rings. The summed E-state index contributed by atoms with van der Waals surface area (Å²) in [4.78, 5) is 14.2. The first-order valence-corrected chi connectivity index (χ1v) is 6.40. The average Bonchev–Trinajstić information content (AvgIpc) is 2.62. The van der Waals surface area contributed by atoms with Crippen LogP contribution in [0.5, 0.6) is 0 Å². The van der Waals surface area contributed by atoms with Gasteiger partial charge in [0.05, 0.1) is 0 Å². The van der Waals surface area contributed by atoms with Gasteiger partial charge in [-0.25, -0.2) is 0 Å². The Bertz CT molecular complexity index is 416. The molecule has 0 bridgehead atoms. The van der Waals surface area contributed by atoms with Crippen molar-refractivity contribution in [2.24, 2.45) is 5.73 Å². The van der Waals surface area contributed by atoms with E-state index in [-0.39, 0.29) is 12.5 Å². The van der Waals surface area contributed by atoms with E-state index in [4.69, 9.17) is 10.5 Å². The van der Waals surface area contributed by atoms with Crippen molar-refractivity contribution in [3.8, 4) is 0 Å². The molecular weight excluding hydrogens is 228 g/mol. The van der Waals surface area contributed by atoms with Crippen LogP contribution in [-0.4, -0.2) is 32.2 Å². The molecule has 1 atom stereocenters. The van der Waals surface area contributed by atoms with Gasteiger partial charge in [0.15, 0.2) is 0 Å². The lowest BCUT2D eigenvalue weighted by atomic mass is 10.1. The van der Waals surface area contributed by atoms with Crippen molar-refractivity contribution in [3.63, 3.8) is 0 Å². The molecule has 0 saturated heterocycles. The molecule has 4 heteroatoms. The molecule has 1 aliphatic heterocycles. The van der Waals surface area contributed by atoms with Gasteiger partial charge in [0, 0.05) is 25.9 Å². The Hall–Kier alpha value is -1.39. The number of fused-ring (bicyclic) bond motifs is 1. The van der Waals surface area contributed by atoms with E-state index in [0.29, 0.717) is 0 Å². The van der Waals surface area contributed by atoms with Crippen LogP contribution in [0.25, 0.3) is 0 Å². The number of ether oxygens (including phenoxy) is 1. The number of carbonyl (C=O) groups is 1. The summed E-state index contributed by atoms with van der Waals surface area (Å²) < 4.78 is 5.15. The Morgan fingerprint density at radius 2 is 2.22 bits per heavy atom. The van der Waals surface area contributed by atoms with Gasteiger partial charge >= 0.3 is 0 Å². The molecule has 0 saturated carbocycles. The van der Waals surface area contributed by atoms with E-state index >= 15 is 0 Å². The number of anilines is 1. The van der Waals surface area contributed by atoms with Gasteiger partial charge in [-0.2, -0.15) is 0 Å². The summed E-state index contributed by atoms with van der Waals surface area (Å²) >= 11 is 0.